The van der Waals surface area contributed by atoms with Gasteiger partial charge in [0.1, 0.15) is 11.6 Å². The molecular formula is C16H19N5. The second-order valence-electron chi connectivity index (χ2n) is 5.05. The molecule has 5 heteroatoms. The van der Waals surface area contributed by atoms with E-state index in [9.17, 15) is 0 Å². The molecule has 1 aromatic heterocycles. The van der Waals surface area contributed by atoms with Crippen molar-refractivity contribution in [2.24, 2.45) is 0 Å². The highest BCUT2D eigenvalue weighted by molar-refractivity contribution is 5.75. The zero-order valence-electron chi connectivity index (χ0n) is 12.2. The van der Waals surface area contributed by atoms with Gasteiger partial charge in [-0.3, -0.25) is 4.98 Å². The fraction of sp³-hybridized carbons (Fsp3) is 0.312. The average Bonchev–Trinajstić information content (AvgIpc) is 2.98. The fourth-order valence-corrected chi connectivity index (χ4v) is 2.33. The number of hydrogen-bond acceptors (Lipinski definition) is 5. The second kappa shape index (κ2) is 5.91. The van der Waals surface area contributed by atoms with Gasteiger partial charge in [0.25, 0.3) is 0 Å². The molecule has 3 heterocycles. The van der Waals surface area contributed by atoms with E-state index in [0.29, 0.717) is 5.82 Å². The van der Waals surface area contributed by atoms with Gasteiger partial charge in [-0.2, -0.15) is 0 Å². The minimum Gasteiger partial charge on any atom is -0.373 e. The molecule has 0 amide bonds. The van der Waals surface area contributed by atoms with E-state index in [-0.39, 0.29) is 0 Å². The summed E-state index contributed by atoms with van der Waals surface area (Å²) >= 11 is 0. The van der Waals surface area contributed by atoms with Gasteiger partial charge in [-0.25, -0.2) is 9.97 Å². The summed E-state index contributed by atoms with van der Waals surface area (Å²) in [6.45, 7) is 5.89. The Kier molecular flexibility index (Phi) is 3.81. The number of fused-ring (bicyclic) bond motifs is 1. The highest BCUT2D eigenvalue weighted by Crippen LogP contribution is 2.29. The molecule has 0 spiro atoms. The molecule has 1 N–H and O–H groups in total. The van der Waals surface area contributed by atoms with Crippen molar-refractivity contribution >= 4 is 17.7 Å². The maximum absolute atomic E-state index is 4.44. The normalized spacial score (nSPS) is 14.2. The van der Waals surface area contributed by atoms with Crippen LogP contribution in [0.25, 0.3) is 17.3 Å². The van der Waals surface area contributed by atoms with E-state index in [1.807, 2.05) is 25.4 Å². The van der Waals surface area contributed by atoms with Gasteiger partial charge in [-0.15, -0.1) is 0 Å². The number of nitrogens with one attached hydrogen (secondary N) is 1. The molecule has 21 heavy (non-hydrogen) atoms. The minimum absolute atomic E-state index is 0.684. The Balaban J connectivity index is 0.000000180. The Morgan fingerprint density at radius 1 is 1.24 bits per heavy atom. The Hall–Kier alpha value is -2.43. The summed E-state index contributed by atoms with van der Waals surface area (Å²) in [5.74, 6) is 2.53. The lowest BCUT2D eigenvalue weighted by Crippen LogP contribution is -2.19. The standard InChI is InChI=1S/C11H16N4.C5H3N/c1-3-9-13-10(12-2)8-11(14-9)15-6-4-5-7-15;1-2-6-5-3-4(1)5/h3,8H,1,4-7H2,2H3,(H,12,13,14);1-3H. The van der Waals surface area contributed by atoms with Crippen LogP contribution in [0.4, 0.5) is 11.6 Å². The van der Waals surface area contributed by atoms with Gasteiger partial charge in [0.15, 0.2) is 5.82 Å². The average molecular weight is 281 g/mol. The molecule has 1 aromatic rings. The third-order valence-corrected chi connectivity index (χ3v) is 3.57. The van der Waals surface area contributed by atoms with Crippen LogP contribution < -0.4 is 10.2 Å². The van der Waals surface area contributed by atoms with Gasteiger partial charge in [0.05, 0.1) is 5.69 Å². The maximum Gasteiger partial charge on any atom is 0.156 e. The third-order valence-electron chi connectivity index (χ3n) is 3.57. The first kappa shape index (κ1) is 13.5. The first-order valence-electron chi connectivity index (χ1n) is 7.21. The van der Waals surface area contributed by atoms with Crippen molar-refractivity contribution in [2.45, 2.75) is 12.8 Å². The molecule has 108 valence electrons. The predicted molar refractivity (Wildman–Crippen MR) is 86.3 cm³/mol. The number of nitrogens with zero attached hydrogens (tertiary/aromatic N) is 4. The highest BCUT2D eigenvalue weighted by Gasteiger charge is 2.14. The highest BCUT2D eigenvalue weighted by atomic mass is 15.2. The lowest BCUT2D eigenvalue weighted by atomic mass is 10.4. The molecule has 0 atom stereocenters. The largest absolute Gasteiger partial charge is 0.373 e. The molecule has 4 rings (SSSR count). The number of rotatable bonds is 3. The van der Waals surface area contributed by atoms with Gasteiger partial charge in [-0.05, 0) is 31.1 Å². The van der Waals surface area contributed by atoms with Crippen LogP contribution in [-0.2, 0) is 0 Å². The molecule has 1 fully saturated rings. The van der Waals surface area contributed by atoms with Gasteiger partial charge < -0.3 is 10.2 Å². The monoisotopic (exact) mass is 281 g/mol. The van der Waals surface area contributed by atoms with Crippen molar-refractivity contribution in [2.75, 3.05) is 30.4 Å². The van der Waals surface area contributed by atoms with Crippen LogP contribution in [0.2, 0.25) is 0 Å². The van der Waals surface area contributed by atoms with Crippen LogP contribution in [0.3, 0.4) is 0 Å². The minimum atomic E-state index is 0.684. The zero-order valence-corrected chi connectivity index (χ0v) is 12.2. The summed E-state index contributed by atoms with van der Waals surface area (Å²) in [4.78, 5) is 15.0. The first-order chi connectivity index (χ1) is 10.3. The lowest BCUT2D eigenvalue weighted by molar-refractivity contribution is 0.924. The second-order valence-corrected chi connectivity index (χ2v) is 5.05. The lowest BCUT2D eigenvalue weighted by Gasteiger charge is -2.17. The molecule has 1 saturated heterocycles. The summed E-state index contributed by atoms with van der Waals surface area (Å²) in [6.07, 6.45) is 6.01. The summed E-state index contributed by atoms with van der Waals surface area (Å²) in [7, 11) is 1.86. The predicted octanol–water partition coefficient (Wildman–Crippen LogP) is 2.82. The van der Waals surface area contributed by atoms with Crippen LogP contribution in [0.5, 0.6) is 0 Å². The first-order valence-corrected chi connectivity index (χ1v) is 7.21. The summed E-state index contributed by atoms with van der Waals surface area (Å²) in [5, 5.41) is 3.04. The molecular weight excluding hydrogens is 262 g/mol. The molecule has 0 bridgehead atoms. The Labute approximate surface area is 124 Å². The van der Waals surface area contributed by atoms with Crippen molar-refractivity contribution in [3.05, 3.63) is 36.8 Å². The molecule has 3 aliphatic rings. The van der Waals surface area contributed by atoms with Crippen LogP contribution in [0, 0.1) is 0 Å². The van der Waals surface area contributed by atoms with Crippen LogP contribution >= 0.6 is 0 Å². The van der Waals surface area contributed by atoms with E-state index in [0.717, 1.165) is 24.7 Å². The fourth-order valence-electron chi connectivity index (χ4n) is 2.33. The van der Waals surface area contributed by atoms with Crippen molar-refractivity contribution in [3.8, 4) is 11.3 Å². The van der Waals surface area contributed by atoms with Crippen LogP contribution in [0.1, 0.15) is 18.7 Å². The van der Waals surface area contributed by atoms with E-state index >= 15 is 0 Å². The van der Waals surface area contributed by atoms with E-state index in [1.165, 1.54) is 24.1 Å². The topological polar surface area (TPSA) is 53.9 Å². The molecule has 5 nitrogen and oxygen atoms in total. The molecule has 1 aliphatic carbocycles. The van der Waals surface area contributed by atoms with E-state index in [4.69, 9.17) is 0 Å². The van der Waals surface area contributed by atoms with Crippen molar-refractivity contribution < 1.29 is 0 Å². The quantitative estimate of drug-likeness (QED) is 0.800. The number of anilines is 2. The Morgan fingerprint density at radius 3 is 2.52 bits per heavy atom. The van der Waals surface area contributed by atoms with Gasteiger partial charge >= 0.3 is 0 Å². The van der Waals surface area contributed by atoms with E-state index in [2.05, 4.69) is 37.8 Å². The van der Waals surface area contributed by atoms with E-state index < -0.39 is 0 Å². The molecule has 0 unspecified atom stereocenters. The smallest absolute Gasteiger partial charge is 0.156 e. The molecule has 0 radical (unpaired) electrons. The molecule has 0 saturated carbocycles. The maximum atomic E-state index is 4.44. The van der Waals surface area contributed by atoms with Crippen molar-refractivity contribution in [1.82, 2.24) is 15.0 Å². The molecule has 2 aliphatic heterocycles. The molecule has 0 aromatic carbocycles. The summed E-state index contributed by atoms with van der Waals surface area (Å²) in [5.41, 5.74) is 2.49. The van der Waals surface area contributed by atoms with E-state index in [1.54, 1.807) is 6.08 Å². The van der Waals surface area contributed by atoms with Crippen LogP contribution in [-0.4, -0.2) is 35.1 Å². The number of aromatic nitrogens is 3. The third kappa shape index (κ3) is 3.18. The zero-order chi connectivity index (χ0) is 14.7. The van der Waals surface area contributed by atoms with Gasteiger partial charge in [0.2, 0.25) is 0 Å². The van der Waals surface area contributed by atoms with Crippen molar-refractivity contribution in [1.29, 1.82) is 0 Å². The summed E-state index contributed by atoms with van der Waals surface area (Å²) < 4.78 is 0. The Bertz CT molecular complexity index is 630. The number of pyridine rings is 1. The number of hydrogen-bond donors (Lipinski definition) is 1. The van der Waals surface area contributed by atoms with Crippen molar-refractivity contribution in [3.63, 3.8) is 0 Å². The Morgan fingerprint density at radius 2 is 2.05 bits per heavy atom. The SMILES string of the molecule is C=Cc1nc(NC)cc(N2CCCC2)n1.c1cc2cc-2n1. The van der Waals surface area contributed by atoms with Crippen LogP contribution in [0.15, 0.2) is 31.0 Å². The summed E-state index contributed by atoms with van der Waals surface area (Å²) in [6, 6.07) is 6.05. The van der Waals surface area contributed by atoms with Gasteiger partial charge in [0, 0.05) is 38.0 Å². The van der Waals surface area contributed by atoms with Gasteiger partial charge in [-0.1, -0.05) is 6.58 Å².